The van der Waals surface area contributed by atoms with Crippen molar-refractivity contribution >= 4 is 11.8 Å². The lowest BCUT2D eigenvalue weighted by Crippen LogP contribution is -2.23. The van der Waals surface area contributed by atoms with Crippen LogP contribution in [0.15, 0.2) is 0 Å². The van der Waals surface area contributed by atoms with Crippen LogP contribution in [-0.2, 0) is 0 Å². The normalized spacial score (nSPS) is 23.0. The Hall–Kier alpha value is 0.270. The van der Waals surface area contributed by atoms with Gasteiger partial charge in [-0.05, 0) is 24.3 Å². The molecule has 1 heterocycles. The van der Waals surface area contributed by atoms with Gasteiger partial charge in [-0.3, -0.25) is 0 Å². The molecule has 1 rings (SSSR count). The highest BCUT2D eigenvalue weighted by atomic mass is 32.2. The number of thioether (sulfide) groups is 1. The summed E-state index contributed by atoms with van der Waals surface area (Å²) in [5, 5.41) is 17.4. The Kier molecular flexibility index (Phi) is 2.82. The van der Waals surface area contributed by atoms with Crippen molar-refractivity contribution in [3.8, 4) is 0 Å². The van der Waals surface area contributed by atoms with Crippen LogP contribution in [0.4, 0.5) is 0 Å². The molecule has 54 valence electrons. The van der Waals surface area contributed by atoms with Crippen LogP contribution in [0.1, 0.15) is 12.8 Å². The fraction of sp³-hybridized carbons (Fsp3) is 1.00. The quantitative estimate of drug-likeness (QED) is 0.530. The summed E-state index contributed by atoms with van der Waals surface area (Å²) in [5.41, 5.74) is 0. The van der Waals surface area contributed by atoms with Crippen molar-refractivity contribution in [1.29, 1.82) is 0 Å². The fourth-order valence-corrected chi connectivity index (χ4v) is 2.16. The molecule has 0 amide bonds. The summed E-state index contributed by atoms with van der Waals surface area (Å²) in [7, 11) is 0. The van der Waals surface area contributed by atoms with Gasteiger partial charge >= 0.3 is 0 Å². The zero-order valence-electron chi connectivity index (χ0n) is 5.29. The van der Waals surface area contributed by atoms with Gasteiger partial charge in [0.25, 0.3) is 0 Å². The fourth-order valence-electron chi connectivity index (χ4n) is 1.01. The van der Waals surface area contributed by atoms with Crippen molar-refractivity contribution in [3.05, 3.63) is 0 Å². The lowest BCUT2D eigenvalue weighted by molar-refractivity contribution is -0.0854. The maximum absolute atomic E-state index is 8.72. The zero-order chi connectivity index (χ0) is 6.69. The molecule has 0 spiro atoms. The minimum Gasteiger partial charge on any atom is -0.368 e. The van der Waals surface area contributed by atoms with E-state index in [0.717, 1.165) is 24.3 Å². The first kappa shape index (κ1) is 7.38. The van der Waals surface area contributed by atoms with Crippen molar-refractivity contribution in [2.45, 2.75) is 19.1 Å². The maximum Gasteiger partial charge on any atom is 0.154 e. The van der Waals surface area contributed by atoms with Gasteiger partial charge in [-0.1, -0.05) is 0 Å². The van der Waals surface area contributed by atoms with Crippen LogP contribution >= 0.6 is 11.8 Å². The Morgan fingerprint density at radius 1 is 1.22 bits per heavy atom. The van der Waals surface area contributed by atoms with Crippen LogP contribution in [0.2, 0.25) is 0 Å². The highest BCUT2D eigenvalue weighted by Crippen LogP contribution is 2.24. The molecule has 2 nitrogen and oxygen atoms in total. The molecule has 2 N–H and O–H groups in total. The molecule has 1 fully saturated rings. The van der Waals surface area contributed by atoms with Gasteiger partial charge < -0.3 is 10.2 Å². The summed E-state index contributed by atoms with van der Waals surface area (Å²) in [5.74, 6) is 2.32. The number of rotatable bonds is 1. The first-order valence-corrected chi connectivity index (χ1v) is 4.40. The van der Waals surface area contributed by atoms with E-state index in [2.05, 4.69) is 0 Å². The van der Waals surface area contributed by atoms with Crippen molar-refractivity contribution in [1.82, 2.24) is 0 Å². The molecule has 0 aliphatic carbocycles. The van der Waals surface area contributed by atoms with Crippen LogP contribution in [0, 0.1) is 5.92 Å². The number of aliphatic hydroxyl groups is 2. The van der Waals surface area contributed by atoms with E-state index in [0.29, 0.717) is 0 Å². The smallest absolute Gasteiger partial charge is 0.154 e. The average molecular weight is 148 g/mol. The van der Waals surface area contributed by atoms with Gasteiger partial charge in [0.1, 0.15) is 0 Å². The van der Waals surface area contributed by atoms with E-state index in [1.165, 1.54) is 0 Å². The second kappa shape index (κ2) is 3.44. The summed E-state index contributed by atoms with van der Waals surface area (Å²) in [4.78, 5) is 0. The maximum atomic E-state index is 8.72. The minimum atomic E-state index is -1.08. The molecule has 1 aliphatic heterocycles. The highest BCUT2D eigenvalue weighted by molar-refractivity contribution is 7.99. The van der Waals surface area contributed by atoms with E-state index in [1.54, 1.807) is 0 Å². The average Bonchev–Trinajstić information content (AvgIpc) is 1.90. The van der Waals surface area contributed by atoms with E-state index in [9.17, 15) is 0 Å². The largest absolute Gasteiger partial charge is 0.368 e. The van der Waals surface area contributed by atoms with Crippen molar-refractivity contribution < 1.29 is 10.2 Å². The lowest BCUT2D eigenvalue weighted by atomic mass is 10.0. The topological polar surface area (TPSA) is 40.5 Å². The standard InChI is InChI=1S/C6H12O2S/c7-6(8)5-1-3-9-4-2-5/h5-8H,1-4H2. The van der Waals surface area contributed by atoms with Crippen molar-refractivity contribution in [2.75, 3.05) is 11.5 Å². The van der Waals surface area contributed by atoms with Gasteiger partial charge in [0.15, 0.2) is 6.29 Å². The molecule has 0 aromatic heterocycles. The van der Waals surface area contributed by atoms with Crippen molar-refractivity contribution in [2.24, 2.45) is 5.92 Å². The molecule has 0 aromatic carbocycles. The molecule has 1 saturated heterocycles. The molecule has 9 heavy (non-hydrogen) atoms. The van der Waals surface area contributed by atoms with E-state index in [-0.39, 0.29) is 5.92 Å². The monoisotopic (exact) mass is 148 g/mol. The van der Waals surface area contributed by atoms with Crippen LogP contribution in [0.3, 0.4) is 0 Å². The Balaban J connectivity index is 2.23. The number of aliphatic hydroxyl groups excluding tert-OH is 1. The first-order valence-electron chi connectivity index (χ1n) is 3.24. The second-order valence-corrected chi connectivity index (χ2v) is 3.59. The summed E-state index contributed by atoms with van der Waals surface area (Å²) in [6.45, 7) is 0. The third kappa shape index (κ3) is 2.16. The first-order chi connectivity index (χ1) is 4.30. The molecule has 0 atom stereocenters. The van der Waals surface area contributed by atoms with Gasteiger partial charge in [0.05, 0.1) is 0 Å². The summed E-state index contributed by atoms with van der Waals surface area (Å²) in [6.07, 6.45) is 0.843. The van der Waals surface area contributed by atoms with E-state index < -0.39 is 6.29 Å². The molecule has 0 unspecified atom stereocenters. The lowest BCUT2D eigenvalue weighted by Gasteiger charge is -2.22. The van der Waals surface area contributed by atoms with Crippen molar-refractivity contribution in [3.63, 3.8) is 0 Å². The van der Waals surface area contributed by atoms with Crippen LogP contribution in [-0.4, -0.2) is 28.0 Å². The molecule has 0 saturated carbocycles. The third-order valence-corrected chi connectivity index (χ3v) is 2.74. The van der Waals surface area contributed by atoms with E-state index in [4.69, 9.17) is 10.2 Å². The van der Waals surface area contributed by atoms with Crippen LogP contribution in [0.25, 0.3) is 0 Å². The van der Waals surface area contributed by atoms with E-state index >= 15 is 0 Å². The molecular formula is C6H12O2S. The third-order valence-electron chi connectivity index (χ3n) is 1.69. The van der Waals surface area contributed by atoms with Gasteiger partial charge in [0.2, 0.25) is 0 Å². The molecule has 0 bridgehead atoms. The number of hydrogen-bond acceptors (Lipinski definition) is 3. The van der Waals surface area contributed by atoms with Gasteiger partial charge in [0, 0.05) is 5.92 Å². The van der Waals surface area contributed by atoms with Gasteiger partial charge in [-0.15, -0.1) is 0 Å². The Labute approximate surface area is 59.3 Å². The Morgan fingerprint density at radius 2 is 1.78 bits per heavy atom. The predicted octanol–water partition coefficient (Wildman–Crippen LogP) is 0.440. The van der Waals surface area contributed by atoms with Gasteiger partial charge in [-0.2, -0.15) is 11.8 Å². The molecule has 0 aromatic rings. The minimum absolute atomic E-state index is 0.145. The zero-order valence-corrected chi connectivity index (χ0v) is 6.10. The summed E-state index contributed by atoms with van der Waals surface area (Å²) in [6, 6.07) is 0. The second-order valence-electron chi connectivity index (χ2n) is 2.36. The molecule has 1 aliphatic rings. The summed E-state index contributed by atoms with van der Waals surface area (Å²) >= 11 is 1.89. The van der Waals surface area contributed by atoms with Gasteiger partial charge in [-0.25, -0.2) is 0 Å². The Morgan fingerprint density at radius 3 is 2.11 bits per heavy atom. The molecular weight excluding hydrogens is 136 g/mol. The molecule has 0 radical (unpaired) electrons. The predicted molar refractivity (Wildman–Crippen MR) is 38.3 cm³/mol. The van der Waals surface area contributed by atoms with E-state index in [1.807, 2.05) is 11.8 Å². The highest BCUT2D eigenvalue weighted by Gasteiger charge is 2.19. The summed E-state index contributed by atoms with van der Waals surface area (Å²) < 4.78 is 0. The Bertz CT molecular complexity index is 79.1. The van der Waals surface area contributed by atoms with Crippen LogP contribution < -0.4 is 0 Å². The van der Waals surface area contributed by atoms with Crippen LogP contribution in [0.5, 0.6) is 0 Å². The molecule has 3 heteroatoms. The SMILES string of the molecule is OC(O)C1CCSCC1. The number of hydrogen-bond donors (Lipinski definition) is 2.